The molecule has 3 aromatic rings. The lowest BCUT2D eigenvalue weighted by Gasteiger charge is -2.03. The molecular formula is C18H15NO3. The maximum Gasteiger partial charge on any atom is 0.310 e. The average molecular weight is 293 g/mol. The fourth-order valence-corrected chi connectivity index (χ4v) is 2.48. The highest BCUT2D eigenvalue weighted by Gasteiger charge is 2.22. The number of furan rings is 1. The molecule has 0 unspecified atom stereocenters. The summed E-state index contributed by atoms with van der Waals surface area (Å²) in [7, 11) is 0. The predicted molar refractivity (Wildman–Crippen MR) is 83.9 cm³/mol. The lowest BCUT2D eigenvalue weighted by Crippen LogP contribution is -1.98. The molecule has 0 aliphatic rings. The molecule has 0 bridgehead atoms. The first-order chi connectivity index (χ1) is 10.7. The van der Waals surface area contributed by atoms with Gasteiger partial charge >= 0.3 is 5.69 Å². The summed E-state index contributed by atoms with van der Waals surface area (Å²) in [5.74, 6) is 0.654. The molecule has 0 saturated heterocycles. The first-order valence-electron chi connectivity index (χ1n) is 7.05. The maximum atomic E-state index is 11.2. The first-order valence-corrected chi connectivity index (χ1v) is 7.05. The van der Waals surface area contributed by atoms with E-state index in [0.29, 0.717) is 24.2 Å². The molecule has 0 aliphatic carbocycles. The van der Waals surface area contributed by atoms with E-state index in [1.54, 1.807) is 0 Å². The quantitative estimate of drug-likeness (QED) is 0.518. The highest BCUT2D eigenvalue weighted by atomic mass is 16.6. The lowest BCUT2D eigenvalue weighted by atomic mass is 10.0. The van der Waals surface area contributed by atoms with Crippen molar-refractivity contribution in [1.82, 2.24) is 0 Å². The largest absolute Gasteiger partial charge is 0.461 e. The van der Waals surface area contributed by atoms with Crippen LogP contribution in [-0.2, 0) is 12.8 Å². The second-order valence-corrected chi connectivity index (χ2v) is 5.10. The molecule has 3 rings (SSSR count). The van der Waals surface area contributed by atoms with Gasteiger partial charge in [0, 0.05) is 12.8 Å². The highest BCUT2D eigenvalue weighted by molar-refractivity contribution is 5.45. The number of nitrogens with zero attached hydrogens (tertiary/aromatic N) is 1. The first kappa shape index (κ1) is 14.1. The van der Waals surface area contributed by atoms with Crippen LogP contribution in [0.25, 0.3) is 0 Å². The Kier molecular flexibility index (Phi) is 4.01. The minimum absolute atomic E-state index is 0.0507. The molecule has 1 aromatic heterocycles. The van der Waals surface area contributed by atoms with Gasteiger partial charge in [-0.1, -0.05) is 60.7 Å². The van der Waals surface area contributed by atoms with Crippen molar-refractivity contribution in [3.63, 3.8) is 0 Å². The Bertz CT molecular complexity index is 764. The van der Waals surface area contributed by atoms with Crippen LogP contribution in [0.2, 0.25) is 0 Å². The molecular weight excluding hydrogens is 278 g/mol. The van der Waals surface area contributed by atoms with E-state index >= 15 is 0 Å². The summed E-state index contributed by atoms with van der Waals surface area (Å²) in [5, 5.41) is 11.2. The SMILES string of the molecule is O=[N+]([O-])c1coc(Cc2ccccc2)c1Cc1ccccc1. The third kappa shape index (κ3) is 3.06. The second kappa shape index (κ2) is 6.26. The third-order valence-electron chi connectivity index (χ3n) is 3.59. The fourth-order valence-electron chi connectivity index (χ4n) is 2.48. The summed E-state index contributed by atoms with van der Waals surface area (Å²) in [6.45, 7) is 0. The number of nitro groups is 1. The number of hydrogen-bond acceptors (Lipinski definition) is 3. The Balaban J connectivity index is 1.95. The second-order valence-electron chi connectivity index (χ2n) is 5.10. The van der Waals surface area contributed by atoms with Crippen LogP contribution in [-0.4, -0.2) is 4.92 Å². The monoisotopic (exact) mass is 293 g/mol. The smallest absolute Gasteiger partial charge is 0.310 e. The molecule has 0 atom stereocenters. The van der Waals surface area contributed by atoms with Gasteiger partial charge in [0.25, 0.3) is 0 Å². The molecule has 0 N–H and O–H groups in total. The van der Waals surface area contributed by atoms with Gasteiger partial charge in [-0.2, -0.15) is 0 Å². The van der Waals surface area contributed by atoms with Gasteiger partial charge in [-0.05, 0) is 11.1 Å². The minimum Gasteiger partial charge on any atom is -0.461 e. The maximum absolute atomic E-state index is 11.2. The van der Waals surface area contributed by atoms with E-state index in [0.717, 1.165) is 11.1 Å². The normalized spacial score (nSPS) is 10.5. The van der Waals surface area contributed by atoms with Gasteiger partial charge in [-0.25, -0.2) is 0 Å². The van der Waals surface area contributed by atoms with Crippen LogP contribution in [0.15, 0.2) is 71.3 Å². The van der Waals surface area contributed by atoms with Crippen molar-refractivity contribution in [3.05, 3.63) is 99.5 Å². The topological polar surface area (TPSA) is 56.3 Å². The fraction of sp³-hybridized carbons (Fsp3) is 0.111. The van der Waals surface area contributed by atoms with Crippen LogP contribution in [0.1, 0.15) is 22.5 Å². The van der Waals surface area contributed by atoms with Gasteiger partial charge in [0.15, 0.2) is 6.26 Å². The third-order valence-corrected chi connectivity index (χ3v) is 3.59. The van der Waals surface area contributed by atoms with Gasteiger partial charge in [-0.3, -0.25) is 10.1 Å². The molecule has 0 amide bonds. The van der Waals surface area contributed by atoms with Gasteiger partial charge in [0.1, 0.15) is 5.76 Å². The Morgan fingerprint density at radius 3 is 1.95 bits per heavy atom. The van der Waals surface area contributed by atoms with E-state index in [1.165, 1.54) is 6.26 Å². The van der Waals surface area contributed by atoms with Crippen LogP contribution in [0.4, 0.5) is 5.69 Å². The van der Waals surface area contributed by atoms with Crippen LogP contribution in [0.3, 0.4) is 0 Å². The Morgan fingerprint density at radius 1 is 0.864 bits per heavy atom. The Hall–Kier alpha value is -2.88. The zero-order chi connectivity index (χ0) is 15.4. The van der Waals surface area contributed by atoms with Crippen LogP contribution in [0.5, 0.6) is 0 Å². The summed E-state index contributed by atoms with van der Waals surface area (Å²) in [4.78, 5) is 10.8. The van der Waals surface area contributed by atoms with Crippen molar-refractivity contribution in [2.24, 2.45) is 0 Å². The molecule has 2 aromatic carbocycles. The van der Waals surface area contributed by atoms with Crippen molar-refractivity contribution in [2.45, 2.75) is 12.8 Å². The zero-order valence-electron chi connectivity index (χ0n) is 11.9. The number of hydrogen-bond donors (Lipinski definition) is 0. The van der Waals surface area contributed by atoms with E-state index in [4.69, 9.17) is 4.42 Å². The van der Waals surface area contributed by atoms with Crippen molar-refractivity contribution in [2.75, 3.05) is 0 Å². The molecule has 0 spiro atoms. The lowest BCUT2D eigenvalue weighted by molar-refractivity contribution is -0.385. The van der Waals surface area contributed by atoms with Crippen LogP contribution < -0.4 is 0 Å². The van der Waals surface area contributed by atoms with Gasteiger partial charge < -0.3 is 4.42 Å². The molecule has 4 heteroatoms. The standard InChI is InChI=1S/C18H15NO3/c20-19(21)17-13-22-18(12-15-9-5-2-6-10-15)16(17)11-14-7-3-1-4-8-14/h1-10,13H,11-12H2. The van der Waals surface area contributed by atoms with E-state index in [2.05, 4.69) is 0 Å². The van der Waals surface area contributed by atoms with E-state index < -0.39 is 0 Å². The summed E-state index contributed by atoms with van der Waals surface area (Å²) in [6, 6.07) is 19.5. The Labute approximate surface area is 128 Å². The van der Waals surface area contributed by atoms with Crippen molar-refractivity contribution in [3.8, 4) is 0 Å². The van der Waals surface area contributed by atoms with Crippen molar-refractivity contribution in [1.29, 1.82) is 0 Å². The van der Waals surface area contributed by atoms with E-state index in [9.17, 15) is 10.1 Å². The molecule has 22 heavy (non-hydrogen) atoms. The van der Waals surface area contributed by atoms with Gasteiger partial charge in [-0.15, -0.1) is 0 Å². The Morgan fingerprint density at radius 2 is 1.41 bits per heavy atom. The molecule has 0 saturated carbocycles. The molecule has 1 heterocycles. The summed E-state index contributed by atoms with van der Waals surface area (Å²) in [5.41, 5.74) is 2.80. The average Bonchev–Trinajstić information content (AvgIpc) is 2.92. The van der Waals surface area contributed by atoms with Gasteiger partial charge in [0.2, 0.25) is 0 Å². The van der Waals surface area contributed by atoms with Crippen LogP contribution >= 0.6 is 0 Å². The van der Waals surface area contributed by atoms with Gasteiger partial charge in [0.05, 0.1) is 10.5 Å². The summed E-state index contributed by atoms with van der Waals surface area (Å²) < 4.78 is 5.49. The molecule has 4 nitrogen and oxygen atoms in total. The highest BCUT2D eigenvalue weighted by Crippen LogP contribution is 2.29. The molecule has 110 valence electrons. The zero-order valence-corrected chi connectivity index (χ0v) is 11.9. The summed E-state index contributed by atoms with van der Waals surface area (Å²) >= 11 is 0. The minimum atomic E-state index is -0.379. The van der Waals surface area contributed by atoms with Crippen molar-refractivity contribution < 1.29 is 9.34 Å². The summed E-state index contributed by atoms with van der Waals surface area (Å²) in [6.07, 6.45) is 2.29. The number of rotatable bonds is 5. The molecule has 0 aliphatic heterocycles. The van der Waals surface area contributed by atoms with Crippen molar-refractivity contribution >= 4 is 5.69 Å². The van der Waals surface area contributed by atoms with Crippen LogP contribution in [0, 0.1) is 10.1 Å². The van der Waals surface area contributed by atoms with E-state index in [1.807, 2.05) is 60.7 Å². The molecule has 0 fully saturated rings. The van der Waals surface area contributed by atoms with E-state index in [-0.39, 0.29) is 10.6 Å². The predicted octanol–water partition coefficient (Wildman–Crippen LogP) is 4.37. The number of benzene rings is 2. The molecule has 0 radical (unpaired) electrons.